The van der Waals surface area contributed by atoms with Crippen LogP contribution in [-0.2, 0) is 6.18 Å². The number of nitrogens with zero attached hydrogens (tertiary/aromatic N) is 2. The topological polar surface area (TPSA) is 118 Å². The van der Waals surface area contributed by atoms with Crippen molar-refractivity contribution in [2.24, 2.45) is 0 Å². The van der Waals surface area contributed by atoms with E-state index in [0.717, 1.165) is 0 Å². The molecule has 0 bridgehead atoms. The lowest BCUT2D eigenvalue weighted by Crippen LogP contribution is -2.20. The summed E-state index contributed by atoms with van der Waals surface area (Å²) in [7, 11) is 0. The molecule has 2 aromatic rings. The van der Waals surface area contributed by atoms with Crippen molar-refractivity contribution in [1.82, 2.24) is 19.9 Å². The zero-order valence-electron chi connectivity index (χ0n) is 8.92. The van der Waals surface area contributed by atoms with Gasteiger partial charge in [-0.3, -0.25) is 9.59 Å². The van der Waals surface area contributed by atoms with E-state index in [0.29, 0.717) is 0 Å². The number of alkyl halides is 3. The number of halogens is 3. The first-order chi connectivity index (χ1) is 8.79. The third kappa shape index (κ3) is 1.46. The van der Waals surface area contributed by atoms with Gasteiger partial charge in [0.25, 0.3) is 0 Å². The number of nitrogen functional groups attached to an aromatic ring is 1. The van der Waals surface area contributed by atoms with Gasteiger partial charge in [0.1, 0.15) is 22.8 Å². The Bertz CT molecular complexity index is 676. The molecule has 0 saturated heterocycles. The van der Waals surface area contributed by atoms with Crippen molar-refractivity contribution in [3.63, 3.8) is 0 Å². The van der Waals surface area contributed by atoms with Crippen LogP contribution >= 0.6 is 0 Å². The molecule has 1 aliphatic rings. The molecule has 0 spiro atoms. The zero-order chi connectivity index (χ0) is 13.9. The molecule has 0 aliphatic heterocycles. The normalized spacial score (nSPS) is 14.5. The quantitative estimate of drug-likeness (QED) is 0.550. The number of aromatic nitrogens is 4. The van der Waals surface area contributed by atoms with Crippen LogP contribution in [0.4, 0.5) is 19.1 Å². The summed E-state index contributed by atoms with van der Waals surface area (Å²) < 4.78 is 37.5. The lowest BCUT2D eigenvalue weighted by Gasteiger charge is -2.05. The van der Waals surface area contributed by atoms with Gasteiger partial charge < -0.3 is 15.7 Å². The number of aromatic amines is 2. The summed E-state index contributed by atoms with van der Waals surface area (Å²) in [5.74, 6) is -3.30. The highest BCUT2D eigenvalue weighted by atomic mass is 19.4. The Labute approximate surface area is 102 Å². The van der Waals surface area contributed by atoms with Crippen LogP contribution in [0.5, 0.6) is 0 Å². The number of hydrogen-bond acceptors (Lipinski definition) is 5. The van der Waals surface area contributed by atoms with Crippen LogP contribution in [0.3, 0.4) is 0 Å². The van der Waals surface area contributed by atoms with Crippen LogP contribution < -0.4 is 5.73 Å². The maximum Gasteiger partial charge on any atom is 0.449 e. The first kappa shape index (κ1) is 11.4. The molecule has 7 nitrogen and oxygen atoms in total. The fraction of sp³-hybridized carbons (Fsp3) is 0.111. The van der Waals surface area contributed by atoms with Crippen LogP contribution in [0, 0.1) is 0 Å². The molecule has 0 atom stereocenters. The number of imidazole rings is 2. The fourth-order valence-corrected chi connectivity index (χ4v) is 1.79. The Morgan fingerprint density at radius 3 is 2.05 bits per heavy atom. The number of carbonyl (C=O) groups is 2. The molecule has 0 fully saturated rings. The first-order valence-electron chi connectivity index (χ1n) is 4.91. The molecule has 0 unspecified atom stereocenters. The van der Waals surface area contributed by atoms with Crippen LogP contribution in [0.15, 0.2) is 0 Å². The number of ketones is 2. The molecule has 0 radical (unpaired) electrons. The van der Waals surface area contributed by atoms with Crippen LogP contribution in [-0.4, -0.2) is 31.5 Å². The Balaban J connectivity index is 2.22. The molecule has 0 aromatic carbocycles. The summed E-state index contributed by atoms with van der Waals surface area (Å²) in [4.78, 5) is 34.6. The minimum atomic E-state index is -4.78. The second-order valence-electron chi connectivity index (χ2n) is 3.81. The van der Waals surface area contributed by atoms with E-state index in [9.17, 15) is 22.8 Å². The highest BCUT2D eigenvalue weighted by Gasteiger charge is 2.42. The second-order valence-corrected chi connectivity index (χ2v) is 3.81. The second kappa shape index (κ2) is 3.22. The predicted octanol–water partition coefficient (Wildman–Crippen LogP) is 0.509. The number of fused-ring (bicyclic) bond motifs is 2. The van der Waals surface area contributed by atoms with Gasteiger partial charge in [0.2, 0.25) is 17.4 Å². The van der Waals surface area contributed by atoms with Gasteiger partial charge in [-0.05, 0) is 0 Å². The number of rotatable bonds is 0. The molecule has 19 heavy (non-hydrogen) atoms. The SMILES string of the molecule is Nc1nc2c([nH]1)C(=O)c1nc(C(F)(F)F)[nH]c1C2=O. The number of nitrogens with one attached hydrogen (secondary N) is 2. The van der Waals surface area contributed by atoms with E-state index in [4.69, 9.17) is 5.73 Å². The number of anilines is 1. The van der Waals surface area contributed by atoms with Gasteiger partial charge in [-0.2, -0.15) is 13.2 Å². The number of H-pyrrole nitrogens is 2. The maximum absolute atomic E-state index is 12.5. The monoisotopic (exact) mass is 271 g/mol. The predicted molar refractivity (Wildman–Crippen MR) is 53.5 cm³/mol. The molecule has 98 valence electrons. The minimum Gasteiger partial charge on any atom is -0.369 e. The maximum atomic E-state index is 12.5. The van der Waals surface area contributed by atoms with Crippen molar-refractivity contribution in [3.05, 3.63) is 28.6 Å². The Morgan fingerprint density at radius 2 is 1.47 bits per heavy atom. The molecular formula is C9H4F3N5O2. The zero-order valence-corrected chi connectivity index (χ0v) is 8.92. The minimum absolute atomic E-state index is 0.173. The molecule has 1 aliphatic carbocycles. The Kier molecular flexibility index (Phi) is 1.94. The first-order valence-corrected chi connectivity index (χ1v) is 4.91. The summed E-state index contributed by atoms with van der Waals surface area (Å²) in [6.45, 7) is 0. The average molecular weight is 271 g/mol. The van der Waals surface area contributed by atoms with E-state index < -0.39 is 35.0 Å². The Morgan fingerprint density at radius 1 is 0.947 bits per heavy atom. The van der Waals surface area contributed by atoms with Crippen molar-refractivity contribution >= 4 is 17.5 Å². The lowest BCUT2D eigenvalue weighted by molar-refractivity contribution is -0.144. The molecule has 2 aromatic heterocycles. The van der Waals surface area contributed by atoms with Crippen LogP contribution in [0.1, 0.15) is 38.2 Å². The third-order valence-corrected chi connectivity index (χ3v) is 2.58. The van der Waals surface area contributed by atoms with Crippen molar-refractivity contribution in [2.75, 3.05) is 5.73 Å². The third-order valence-electron chi connectivity index (χ3n) is 2.58. The highest BCUT2D eigenvalue weighted by Crippen LogP contribution is 2.31. The van der Waals surface area contributed by atoms with E-state index in [2.05, 4.69) is 15.0 Å². The summed E-state index contributed by atoms with van der Waals surface area (Å²) in [5, 5.41) is 0. The number of carbonyl (C=O) groups excluding carboxylic acids is 2. The van der Waals surface area contributed by atoms with E-state index in [1.54, 1.807) is 4.98 Å². The lowest BCUT2D eigenvalue weighted by atomic mass is 10.00. The van der Waals surface area contributed by atoms with E-state index in [1.807, 2.05) is 0 Å². The van der Waals surface area contributed by atoms with E-state index in [-0.39, 0.29) is 17.3 Å². The summed E-state index contributed by atoms with van der Waals surface area (Å²) in [6, 6.07) is 0. The van der Waals surface area contributed by atoms with Gasteiger partial charge in [0.15, 0.2) is 5.95 Å². The molecule has 4 N–H and O–H groups in total. The molecule has 3 rings (SSSR count). The van der Waals surface area contributed by atoms with Crippen LogP contribution in [0.2, 0.25) is 0 Å². The van der Waals surface area contributed by atoms with Crippen molar-refractivity contribution in [1.29, 1.82) is 0 Å². The van der Waals surface area contributed by atoms with E-state index >= 15 is 0 Å². The molecule has 0 amide bonds. The van der Waals surface area contributed by atoms with Gasteiger partial charge in [-0.1, -0.05) is 0 Å². The molecular weight excluding hydrogens is 267 g/mol. The van der Waals surface area contributed by atoms with Crippen molar-refractivity contribution < 1.29 is 22.8 Å². The average Bonchev–Trinajstić information content (AvgIpc) is 2.88. The van der Waals surface area contributed by atoms with Gasteiger partial charge in [-0.25, -0.2) is 9.97 Å². The van der Waals surface area contributed by atoms with Crippen molar-refractivity contribution in [3.8, 4) is 0 Å². The van der Waals surface area contributed by atoms with Gasteiger partial charge in [0, 0.05) is 0 Å². The number of nitrogens with two attached hydrogens (primary N) is 1. The van der Waals surface area contributed by atoms with Gasteiger partial charge >= 0.3 is 6.18 Å². The molecule has 2 heterocycles. The van der Waals surface area contributed by atoms with E-state index in [1.165, 1.54) is 0 Å². The van der Waals surface area contributed by atoms with Gasteiger partial charge in [0.05, 0.1) is 0 Å². The molecule has 0 saturated carbocycles. The standard InChI is InChI=1S/C9H4F3N5O2/c10-9(11,12)7-14-1-2(15-7)6(19)4-3(5(1)18)16-8(13)17-4/h(H,14,15)(H3,13,16,17). The highest BCUT2D eigenvalue weighted by molar-refractivity contribution is 6.25. The molecule has 10 heteroatoms. The summed E-state index contributed by atoms with van der Waals surface area (Å²) >= 11 is 0. The number of hydrogen-bond donors (Lipinski definition) is 3. The van der Waals surface area contributed by atoms with Crippen molar-refractivity contribution in [2.45, 2.75) is 6.18 Å². The fourth-order valence-electron chi connectivity index (χ4n) is 1.79. The van der Waals surface area contributed by atoms with Gasteiger partial charge in [-0.15, -0.1) is 0 Å². The summed E-state index contributed by atoms with van der Waals surface area (Å²) in [6.07, 6.45) is -4.78. The Hall–Kier alpha value is -2.65. The van der Waals surface area contributed by atoms with Crippen LogP contribution in [0.25, 0.3) is 0 Å². The summed E-state index contributed by atoms with van der Waals surface area (Å²) in [5.41, 5.74) is 3.62. The largest absolute Gasteiger partial charge is 0.449 e. The smallest absolute Gasteiger partial charge is 0.369 e.